The molecule has 3 rings (SSSR count). The third-order valence-corrected chi connectivity index (χ3v) is 5.30. The van der Waals surface area contributed by atoms with E-state index in [1.165, 1.54) is 18.4 Å². The summed E-state index contributed by atoms with van der Waals surface area (Å²) >= 11 is 7.68. The highest BCUT2D eigenvalue weighted by Gasteiger charge is 2.17. The SMILES string of the molecule is COCCOC(=O)Nc1cccc(NC(=O)c2sc3ccccc3c2Cl)c1. The number of benzene rings is 2. The van der Waals surface area contributed by atoms with Gasteiger partial charge in [0.1, 0.15) is 11.5 Å². The zero-order chi connectivity index (χ0) is 19.2. The summed E-state index contributed by atoms with van der Waals surface area (Å²) in [4.78, 5) is 24.7. The molecule has 6 nitrogen and oxygen atoms in total. The second-order valence-electron chi connectivity index (χ2n) is 5.53. The summed E-state index contributed by atoms with van der Waals surface area (Å²) in [5.41, 5.74) is 1.03. The lowest BCUT2D eigenvalue weighted by Gasteiger charge is -2.09. The zero-order valence-electron chi connectivity index (χ0n) is 14.5. The Morgan fingerprint density at radius 3 is 2.52 bits per heavy atom. The molecule has 2 N–H and O–H groups in total. The van der Waals surface area contributed by atoms with Crippen molar-refractivity contribution in [2.45, 2.75) is 0 Å². The molecule has 1 heterocycles. The molecule has 1 aromatic heterocycles. The van der Waals surface area contributed by atoms with Crippen LogP contribution in [0.15, 0.2) is 48.5 Å². The number of anilines is 2. The van der Waals surface area contributed by atoms with Crippen molar-refractivity contribution in [3.63, 3.8) is 0 Å². The van der Waals surface area contributed by atoms with Crippen molar-refractivity contribution in [3.8, 4) is 0 Å². The number of thiophene rings is 1. The minimum atomic E-state index is -0.594. The van der Waals surface area contributed by atoms with Crippen molar-refractivity contribution in [1.29, 1.82) is 0 Å². The number of carbonyl (C=O) groups is 2. The van der Waals surface area contributed by atoms with Gasteiger partial charge in [-0.15, -0.1) is 11.3 Å². The Kier molecular flexibility index (Phi) is 6.28. The first-order valence-corrected chi connectivity index (χ1v) is 9.29. The fourth-order valence-corrected chi connectivity index (χ4v) is 3.81. The molecule has 0 atom stereocenters. The molecule has 0 fully saturated rings. The van der Waals surface area contributed by atoms with E-state index < -0.39 is 6.09 Å². The number of amides is 2. The molecule has 0 saturated heterocycles. The maximum atomic E-state index is 12.6. The number of nitrogens with one attached hydrogen (secondary N) is 2. The lowest BCUT2D eigenvalue weighted by atomic mass is 10.2. The highest BCUT2D eigenvalue weighted by atomic mass is 35.5. The summed E-state index contributed by atoms with van der Waals surface area (Å²) in [6, 6.07) is 14.3. The van der Waals surface area contributed by atoms with Crippen molar-refractivity contribution in [2.24, 2.45) is 0 Å². The van der Waals surface area contributed by atoms with Gasteiger partial charge < -0.3 is 14.8 Å². The third kappa shape index (κ3) is 4.77. The van der Waals surface area contributed by atoms with E-state index in [1.54, 1.807) is 24.3 Å². The summed E-state index contributed by atoms with van der Waals surface area (Å²) < 4.78 is 10.7. The molecule has 8 heteroatoms. The molecule has 0 aliphatic heterocycles. The Labute approximate surface area is 165 Å². The van der Waals surface area contributed by atoms with Crippen LogP contribution in [0.5, 0.6) is 0 Å². The van der Waals surface area contributed by atoms with Crippen LogP contribution in [-0.4, -0.2) is 32.3 Å². The van der Waals surface area contributed by atoms with Crippen molar-refractivity contribution >= 4 is 56.4 Å². The fourth-order valence-electron chi connectivity index (χ4n) is 2.39. The maximum absolute atomic E-state index is 12.6. The van der Waals surface area contributed by atoms with E-state index in [0.717, 1.165) is 10.1 Å². The third-order valence-electron chi connectivity index (χ3n) is 3.63. The van der Waals surface area contributed by atoms with Gasteiger partial charge in [0.15, 0.2) is 0 Å². The monoisotopic (exact) mass is 404 g/mol. The normalized spacial score (nSPS) is 10.6. The first kappa shape index (κ1) is 19.2. The van der Waals surface area contributed by atoms with Crippen molar-refractivity contribution in [2.75, 3.05) is 31.0 Å². The second kappa shape index (κ2) is 8.85. The summed E-state index contributed by atoms with van der Waals surface area (Å²) in [5, 5.41) is 6.68. The van der Waals surface area contributed by atoms with E-state index in [9.17, 15) is 9.59 Å². The molecule has 0 radical (unpaired) electrons. The molecule has 0 aliphatic rings. The van der Waals surface area contributed by atoms with Crippen molar-refractivity contribution in [1.82, 2.24) is 0 Å². The second-order valence-corrected chi connectivity index (χ2v) is 6.96. The van der Waals surface area contributed by atoms with Crippen LogP contribution < -0.4 is 10.6 Å². The standard InChI is InChI=1S/C19H17ClN2O4S/c1-25-9-10-26-19(24)22-13-6-4-5-12(11-13)21-18(23)17-16(20)14-7-2-3-8-15(14)27-17/h2-8,11H,9-10H2,1H3,(H,21,23)(H,22,24). The number of methoxy groups -OCH3 is 1. The highest BCUT2D eigenvalue weighted by Crippen LogP contribution is 2.35. The summed E-state index contributed by atoms with van der Waals surface area (Å²) in [5.74, 6) is -0.305. The number of carbonyl (C=O) groups excluding carboxylic acids is 2. The predicted molar refractivity (Wildman–Crippen MR) is 108 cm³/mol. The quantitative estimate of drug-likeness (QED) is 0.566. The Hall–Kier alpha value is -2.61. The van der Waals surface area contributed by atoms with Gasteiger partial charge in [0.25, 0.3) is 5.91 Å². The van der Waals surface area contributed by atoms with E-state index in [0.29, 0.717) is 27.9 Å². The molecule has 2 amide bonds. The van der Waals surface area contributed by atoms with Crippen LogP contribution >= 0.6 is 22.9 Å². The highest BCUT2D eigenvalue weighted by molar-refractivity contribution is 7.21. The van der Waals surface area contributed by atoms with E-state index >= 15 is 0 Å². The van der Waals surface area contributed by atoms with Crippen LogP contribution in [0.2, 0.25) is 5.02 Å². The van der Waals surface area contributed by atoms with Gasteiger partial charge in [0.2, 0.25) is 0 Å². The average molecular weight is 405 g/mol. The number of halogens is 1. The molecule has 0 saturated carbocycles. The number of hydrogen-bond donors (Lipinski definition) is 2. The van der Waals surface area contributed by atoms with Gasteiger partial charge in [-0.05, 0) is 24.3 Å². The molecule has 140 valence electrons. The molecule has 0 bridgehead atoms. The molecule has 0 aliphatic carbocycles. The smallest absolute Gasteiger partial charge is 0.411 e. The molecule has 2 aromatic carbocycles. The van der Waals surface area contributed by atoms with E-state index in [1.807, 2.05) is 24.3 Å². The van der Waals surface area contributed by atoms with Gasteiger partial charge >= 0.3 is 6.09 Å². The van der Waals surface area contributed by atoms with Gasteiger partial charge in [0.05, 0.1) is 11.6 Å². The van der Waals surface area contributed by atoms with E-state index in [-0.39, 0.29) is 12.5 Å². The lowest BCUT2D eigenvalue weighted by Crippen LogP contribution is -2.16. The molecule has 0 unspecified atom stereocenters. The zero-order valence-corrected chi connectivity index (χ0v) is 16.0. The van der Waals surface area contributed by atoms with Gasteiger partial charge in [-0.25, -0.2) is 4.79 Å². The molecular formula is C19H17ClN2O4S. The molecule has 27 heavy (non-hydrogen) atoms. The van der Waals surface area contributed by atoms with Crippen LogP contribution in [0.3, 0.4) is 0 Å². The first-order chi connectivity index (χ1) is 13.1. The molecule has 3 aromatic rings. The van der Waals surface area contributed by atoms with E-state index in [2.05, 4.69) is 10.6 Å². The summed E-state index contributed by atoms with van der Waals surface area (Å²) in [7, 11) is 1.52. The topological polar surface area (TPSA) is 76.7 Å². The van der Waals surface area contributed by atoms with Gasteiger partial charge in [-0.3, -0.25) is 10.1 Å². The lowest BCUT2D eigenvalue weighted by molar-refractivity contribution is 0.103. The predicted octanol–water partition coefficient (Wildman–Crippen LogP) is 5.00. The summed E-state index contributed by atoms with van der Waals surface area (Å²) in [6.45, 7) is 0.475. The fraction of sp³-hybridized carbons (Fsp3) is 0.158. The Bertz CT molecular complexity index is 973. The van der Waals surface area contributed by atoms with Crippen molar-refractivity contribution < 1.29 is 19.1 Å². The van der Waals surface area contributed by atoms with Gasteiger partial charge in [-0.1, -0.05) is 35.9 Å². The van der Waals surface area contributed by atoms with Crippen LogP contribution in [0.4, 0.5) is 16.2 Å². The Morgan fingerprint density at radius 1 is 1.04 bits per heavy atom. The number of rotatable bonds is 6. The van der Waals surface area contributed by atoms with Crippen LogP contribution in [0.25, 0.3) is 10.1 Å². The van der Waals surface area contributed by atoms with Gasteiger partial charge in [-0.2, -0.15) is 0 Å². The minimum absolute atomic E-state index is 0.156. The van der Waals surface area contributed by atoms with Crippen LogP contribution in [0, 0.1) is 0 Å². The maximum Gasteiger partial charge on any atom is 0.411 e. The largest absolute Gasteiger partial charge is 0.447 e. The van der Waals surface area contributed by atoms with Crippen LogP contribution in [-0.2, 0) is 9.47 Å². The number of ether oxygens (including phenoxy) is 2. The van der Waals surface area contributed by atoms with Crippen LogP contribution in [0.1, 0.15) is 9.67 Å². The van der Waals surface area contributed by atoms with Gasteiger partial charge in [0, 0.05) is 28.6 Å². The molecule has 0 spiro atoms. The van der Waals surface area contributed by atoms with E-state index in [4.69, 9.17) is 21.1 Å². The average Bonchev–Trinajstić information content (AvgIpc) is 2.99. The number of hydrogen-bond acceptors (Lipinski definition) is 5. The Balaban J connectivity index is 1.69. The minimum Gasteiger partial charge on any atom is -0.447 e. The first-order valence-electron chi connectivity index (χ1n) is 8.09. The van der Waals surface area contributed by atoms with Crippen molar-refractivity contribution in [3.05, 3.63) is 58.4 Å². The summed E-state index contributed by atoms with van der Waals surface area (Å²) in [6.07, 6.45) is -0.594. The molecular weight excluding hydrogens is 388 g/mol. The Morgan fingerprint density at radius 2 is 1.78 bits per heavy atom. The number of fused-ring (bicyclic) bond motifs is 1.